The SMILES string of the molecule is O=C([C@H]1CCCN(c2cccc3c2C(=O)N(C[C@@H]2CCCO2)C3=O)C1)N1CCN(c2ccccc2F)CC1. The quantitative estimate of drug-likeness (QED) is 0.564. The monoisotopic (exact) mass is 520 g/mol. The Morgan fingerprint density at radius 2 is 1.66 bits per heavy atom. The lowest BCUT2D eigenvalue weighted by molar-refractivity contribution is -0.136. The lowest BCUT2D eigenvalue weighted by Crippen LogP contribution is -2.53. The zero-order chi connectivity index (χ0) is 26.2. The molecule has 2 aromatic carbocycles. The van der Waals surface area contributed by atoms with Gasteiger partial charge in [0.25, 0.3) is 11.8 Å². The zero-order valence-electron chi connectivity index (χ0n) is 21.5. The number of imide groups is 1. The third-order valence-electron chi connectivity index (χ3n) is 8.28. The second kappa shape index (κ2) is 10.4. The van der Waals surface area contributed by atoms with Crippen molar-refractivity contribution in [1.29, 1.82) is 0 Å². The molecule has 0 aromatic heterocycles. The van der Waals surface area contributed by atoms with Crippen molar-refractivity contribution in [2.24, 2.45) is 5.92 Å². The lowest BCUT2D eigenvalue weighted by atomic mass is 9.94. The minimum absolute atomic E-state index is 0.100. The summed E-state index contributed by atoms with van der Waals surface area (Å²) in [6.07, 6.45) is 3.31. The van der Waals surface area contributed by atoms with E-state index in [1.807, 2.05) is 28.0 Å². The first-order valence-electron chi connectivity index (χ1n) is 13.7. The molecule has 0 saturated carbocycles. The van der Waals surface area contributed by atoms with Gasteiger partial charge in [0.05, 0.1) is 41.1 Å². The third-order valence-corrected chi connectivity index (χ3v) is 8.28. The Labute approximate surface area is 221 Å². The number of anilines is 2. The largest absolute Gasteiger partial charge is 0.376 e. The van der Waals surface area contributed by atoms with Crippen LogP contribution in [0.1, 0.15) is 46.4 Å². The summed E-state index contributed by atoms with van der Waals surface area (Å²) in [5, 5.41) is 0. The average molecular weight is 521 g/mol. The fourth-order valence-corrected chi connectivity index (χ4v) is 6.27. The topological polar surface area (TPSA) is 73.4 Å². The van der Waals surface area contributed by atoms with Crippen LogP contribution in [-0.2, 0) is 9.53 Å². The van der Waals surface area contributed by atoms with Crippen molar-refractivity contribution in [2.75, 3.05) is 62.2 Å². The molecule has 4 heterocycles. The average Bonchev–Trinajstić information content (AvgIpc) is 3.56. The van der Waals surface area contributed by atoms with Gasteiger partial charge >= 0.3 is 0 Å². The summed E-state index contributed by atoms with van der Waals surface area (Å²) in [6, 6.07) is 12.2. The molecular weight excluding hydrogens is 487 g/mol. The van der Waals surface area contributed by atoms with Crippen LogP contribution in [0.3, 0.4) is 0 Å². The highest BCUT2D eigenvalue weighted by molar-refractivity contribution is 6.23. The van der Waals surface area contributed by atoms with Crippen molar-refractivity contribution in [3.63, 3.8) is 0 Å². The maximum absolute atomic E-state index is 14.2. The molecule has 200 valence electrons. The van der Waals surface area contributed by atoms with E-state index in [1.165, 1.54) is 11.0 Å². The number of ether oxygens (including phenoxy) is 1. The van der Waals surface area contributed by atoms with E-state index in [1.54, 1.807) is 18.2 Å². The molecule has 2 aromatic rings. The fourth-order valence-electron chi connectivity index (χ4n) is 6.27. The zero-order valence-corrected chi connectivity index (χ0v) is 21.5. The van der Waals surface area contributed by atoms with Gasteiger partial charge in [-0.1, -0.05) is 18.2 Å². The number of amides is 3. The smallest absolute Gasteiger partial charge is 0.263 e. The normalized spacial score (nSPS) is 23.8. The molecule has 3 saturated heterocycles. The van der Waals surface area contributed by atoms with Crippen molar-refractivity contribution in [2.45, 2.75) is 31.8 Å². The van der Waals surface area contributed by atoms with Gasteiger partial charge in [0.2, 0.25) is 5.91 Å². The molecule has 0 aliphatic carbocycles. The molecule has 2 atom stereocenters. The molecule has 0 bridgehead atoms. The number of hydrogen-bond acceptors (Lipinski definition) is 6. The third kappa shape index (κ3) is 4.53. The summed E-state index contributed by atoms with van der Waals surface area (Å²) in [6.45, 7) is 4.47. The Morgan fingerprint density at radius 3 is 2.42 bits per heavy atom. The molecule has 4 aliphatic rings. The van der Waals surface area contributed by atoms with Crippen LogP contribution in [0.4, 0.5) is 15.8 Å². The van der Waals surface area contributed by atoms with Crippen molar-refractivity contribution >= 4 is 29.1 Å². The summed E-state index contributed by atoms with van der Waals surface area (Å²) in [7, 11) is 0. The molecule has 38 heavy (non-hydrogen) atoms. The van der Waals surface area contributed by atoms with E-state index in [2.05, 4.69) is 4.90 Å². The van der Waals surface area contributed by atoms with Crippen LogP contribution in [0.5, 0.6) is 0 Å². The minimum atomic E-state index is -0.270. The number of piperazine rings is 1. The number of fused-ring (bicyclic) bond motifs is 1. The highest BCUT2D eigenvalue weighted by atomic mass is 19.1. The second-order valence-electron chi connectivity index (χ2n) is 10.6. The summed E-state index contributed by atoms with van der Waals surface area (Å²) in [4.78, 5) is 47.3. The molecule has 0 unspecified atom stereocenters. The van der Waals surface area contributed by atoms with Crippen LogP contribution in [0, 0.1) is 11.7 Å². The first kappa shape index (κ1) is 24.9. The summed E-state index contributed by atoms with van der Waals surface area (Å²) >= 11 is 0. The summed E-state index contributed by atoms with van der Waals surface area (Å²) < 4.78 is 19.9. The minimum Gasteiger partial charge on any atom is -0.376 e. The van der Waals surface area contributed by atoms with Gasteiger partial charge in [-0.25, -0.2) is 4.39 Å². The van der Waals surface area contributed by atoms with Gasteiger partial charge in [0, 0.05) is 45.9 Å². The lowest BCUT2D eigenvalue weighted by Gasteiger charge is -2.40. The van der Waals surface area contributed by atoms with Gasteiger partial charge in [-0.3, -0.25) is 19.3 Å². The predicted octanol–water partition coefficient (Wildman–Crippen LogP) is 3.17. The number of rotatable bonds is 5. The fraction of sp³-hybridized carbons (Fsp3) is 0.483. The van der Waals surface area contributed by atoms with E-state index in [-0.39, 0.29) is 42.1 Å². The molecule has 3 amide bonds. The summed E-state index contributed by atoms with van der Waals surface area (Å²) in [5.74, 6) is -0.853. The van der Waals surface area contributed by atoms with E-state index in [0.29, 0.717) is 56.1 Å². The molecule has 6 rings (SSSR count). The predicted molar refractivity (Wildman–Crippen MR) is 141 cm³/mol. The van der Waals surface area contributed by atoms with Gasteiger partial charge in [-0.15, -0.1) is 0 Å². The Morgan fingerprint density at radius 1 is 0.868 bits per heavy atom. The second-order valence-corrected chi connectivity index (χ2v) is 10.6. The Bertz CT molecular complexity index is 1240. The number of piperidine rings is 1. The highest BCUT2D eigenvalue weighted by Gasteiger charge is 2.41. The van der Waals surface area contributed by atoms with Crippen LogP contribution < -0.4 is 9.80 Å². The number of carbonyl (C=O) groups is 3. The molecule has 0 spiro atoms. The van der Waals surface area contributed by atoms with Gasteiger partial charge in [-0.2, -0.15) is 0 Å². The number of carbonyl (C=O) groups excluding carboxylic acids is 3. The number of halogens is 1. The van der Waals surface area contributed by atoms with Crippen molar-refractivity contribution in [1.82, 2.24) is 9.80 Å². The number of benzene rings is 2. The van der Waals surface area contributed by atoms with Crippen LogP contribution in [0.15, 0.2) is 42.5 Å². The number of hydrogen-bond donors (Lipinski definition) is 0. The van der Waals surface area contributed by atoms with Crippen molar-refractivity contribution < 1.29 is 23.5 Å². The van der Waals surface area contributed by atoms with E-state index >= 15 is 0 Å². The molecular formula is C29H33FN4O4. The number of nitrogens with zero attached hydrogens (tertiary/aromatic N) is 4. The Kier molecular flexibility index (Phi) is 6.78. The molecule has 8 nitrogen and oxygen atoms in total. The van der Waals surface area contributed by atoms with Crippen LogP contribution in [-0.4, -0.2) is 86.0 Å². The molecule has 4 aliphatic heterocycles. The standard InChI is InChI=1S/C29H33FN4O4/c30-23-9-1-2-10-24(23)31-13-15-32(16-14-31)27(35)20-6-4-12-33(18-20)25-11-3-8-22-26(25)29(37)34(28(22)36)19-21-7-5-17-38-21/h1-3,8-11,20-21H,4-7,12-19H2/t20-,21-/m0/s1. The Hall–Kier alpha value is -3.46. The van der Waals surface area contributed by atoms with Crippen LogP contribution >= 0.6 is 0 Å². The maximum Gasteiger partial charge on any atom is 0.263 e. The molecule has 3 fully saturated rings. The first-order chi connectivity index (χ1) is 18.5. The van der Waals surface area contributed by atoms with Gasteiger partial charge in [0.15, 0.2) is 0 Å². The summed E-state index contributed by atoms with van der Waals surface area (Å²) in [5.41, 5.74) is 2.19. The van der Waals surface area contributed by atoms with Crippen molar-refractivity contribution in [3.8, 4) is 0 Å². The molecule has 9 heteroatoms. The van der Waals surface area contributed by atoms with Crippen molar-refractivity contribution in [3.05, 3.63) is 59.4 Å². The number of para-hydroxylation sites is 1. The highest BCUT2D eigenvalue weighted by Crippen LogP contribution is 2.35. The maximum atomic E-state index is 14.2. The molecule has 0 N–H and O–H groups in total. The van der Waals surface area contributed by atoms with E-state index in [4.69, 9.17) is 4.74 Å². The Balaban J connectivity index is 1.13. The van der Waals surface area contributed by atoms with E-state index in [0.717, 1.165) is 37.9 Å². The molecule has 0 radical (unpaired) electrons. The van der Waals surface area contributed by atoms with Crippen LogP contribution in [0.2, 0.25) is 0 Å². The van der Waals surface area contributed by atoms with E-state index < -0.39 is 0 Å². The van der Waals surface area contributed by atoms with Crippen LogP contribution in [0.25, 0.3) is 0 Å². The van der Waals surface area contributed by atoms with Gasteiger partial charge in [0.1, 0.15) is 5.82 Å². The van der Waals surface area contributed by atoms with Gasteiger partial charge in [-0.05, 0) is 49.9 Å². The van der Waals surface area contributed by atoms with E-state index in [9.17, 15) is 18.8 Å². The van der Waals surface area contributed by atoms with Gasteiger partial charge < -0.3 is 19.4 Å². The first-order valence-corrected chi connectivity index (χ1v) is 13.7.